The summed E-state index contributed by atoms with van der Waals surface area (Å²) in [6.45, 7) is 0. The predicted octanol–water partition coefficient (Wildman–Crippen LogP) is 16.2. The van der Waals surface area contributed by atoms with Crippen LogP contribution in [0.15, 0.2) is 197 Å². The highest BCUT2D eigenvalue weighted by atomic mass is 32.1. The van der Waals surface area contributed by atoms with Gasteiger partial charge < -0.3 is 8.83 Å². The highest BCUT2D eigenvalue weighted by Gasteiger charge is 2.20. The van der Waals surface area contributed by atoms with Crippen molar-refractivity contribution in [1.82, 2.24) is 15.0 Å². The van der Waals surface area contributed by atoms with Crippen LogP contribution < -0.4 is 0 Å². The number of benzene rings is 10. The maximum atomic E-state index is 6.48. The lowest BCUT2D eigenvalue weighted by Crippen LogP contribution is -2.00. The predicted molar refractivity (Wildman–Crippen MR) is 262 cm³/mol. The van der Waals surface area contributed by atoms with Gasteiger partial charge in [0.05, 0.1) is 0 Å². The molecule has 0 bridgehead atoms. The quantitative estimate of drug-likeness (QED) is 0.165. The van der Waals surface area contributed by atoms with Crippen LogP contribution in [0.1, 0.15) is 0 Å². The summed E-state index contributed by atoms with van der Waals surface area (Å²) in [5.74, 6) is 1.74. The van der Waals surface area contributed by atoms with E-state index in [-0.39, 0.29) is 0 Å². The molecule has 6 heteroatoms. The largest absolute Gasteiger partial charge is 0.456 e. The van der Waals surface area contributed by atoms with Gasteiger partial charge in [-0.3, -0.25) is 0 Å². The van der Waals surface area contributed by atoms with Crippen molar-refractivity contribution in [2.24, 2.45) is 0 Å². The Labute approximate surface area is 363 Å². The van der Waals surface area contributed by atoms with Crippen LogP contribution in [-0.2, 0) is 0 Å². The highest BCUT2D eigenvalue weighted by molar-refractivity contribution is 7.26. The van der Waals surface area contributed by atoms with Gasteiger partial charge in [0, 0.05) is 58.4 Å². The number of thiophene rings is 1. The van der Waals surface area contributed by atoms with Crippen molar-refractivity contribution in [3.05, 3.63) is 188 Å². The van der Waals surface area contributed by atoms with E-state index in [2.05, 4.69) is 152 Å². The van der Waals surface area contributed by atoms with Gasteiger partial charge in [-0.1, -0.05) is 133 Å². The van der Waals surface area contributed by atoms with E-state index in [1.165, 1.54) is 52.7 Å². The Morgan fingerprint density at radius 3 is 1.52 bits per heavy atom. The van der Waals surface area contributed by atoms with Gasteiger partial charge in [0.25, 0.3) is 0 Å². The fourth-order valence-electron chi connectivity index (χ4n) is 9.82. The van der Waals surface area contributed by atoms with Crippen molar-refractivity contribution in [3.63, 3.8) is 0 Å². The van der Waals surface area contributed by atoms with Crippen LogP contribution in [0, 0.1) is 0 Å². The molecule has 292 valence electrons. The molecule has 0 amide bonds. The second-order valence-corrected chi connectivity index (χ2v) is 17.3. The van der Waals surface area contributed by atoms with Crippen molar-refractivity contribution in [3.8, 4) is 45.3 Å². The van der Waals surface area contributed by atoms with E-state index in [0.717, 1.165) is 71.5 Å². The van der Waals surface area contributed by atoms with Gasteiger partial charge in [-0.25, -0.2) is 15.0 Å². The van der Waals surface area contributed by atoms with Crippen molar-refractivity contribution in [2.75, 3.05) is 0 Å². The summed E-state index contributed by atoms with van der Waals surface area (Å²) in [5.41, 5.74) is 8.28. The standard InChI is InChI=1S/C57H31N3O2S/c1-2-13-38-36(11-1)37-12-3-4-14-39(37)45-30-33(23-26-40(38)45)55-58-56(60-57(59-55)44-19-10-21-51-53(44)43-16-5-7-20-48(43)62-51)34-25-28-50-47(31-34)46-29-32(24-27-49(46)61-50)35-17-9-18-42-41-15-6-8-22-52(41)63-54(35)42/h1-31H. The zero-order chi connectivity index (χ0) is 41.2. The summed E-state index contributed by atoms with van der Waals surface area (Å²) in [6, 6.07) is 66.2. The number of nitrogens with zero attached hydrogens (tertiary/aromatic N) is 3. The Morgan fingerprint density at radius 1 is 0.302 bits per heavy atom. The number of rotatable bonds is 4. The summed E-state index contributed by atoms with van der Waals surface area (Å²) in [5, 5.41) is 13.8. The number of hydrogen-bond acceptors (Lipinski definition) is 6. The molecule has 4 heterocycles. The molecule has 0 aliphatic rings. The van der Waals surface area contributed by atoms with Crippen LogP contribution in [0.5, 0.6) is 0 Å². The Kier molecular flexibility index (Phi) is 7.21. The molecule has 63 heavy (non-hydrogen) atoms. The number of para-hydroxylation sites is 1. The van der Waals surface area contributed by atoms with Crippen LogP contribution in [0.4, 0.5) is 0 Å². The molecule has 0 aliphatic carbocycles. The summed E-state index contributed by atoms with van der Waals surface area (Å²) in [7, 11) is 0. The average Bonchev–Trinajstić information content (AvgIpc) is 4.05. The highest BCUT2D eigenvalue weighted by Crippen LogP contribution is 2.43. The average molecular weight is 822 g/mol. The maximum absolute atomic E-state index is 6.48. The van der Waals surface area contributed by atoms with Crippen molar-refractivity contribution in [1.29, 1.82) is 0 Å². The molecule has 0 fully saturated rings. The van der Waals surface area contributed by atoms with E-state index in [1.807, 2.05) is 47.7 Å². The van der Waals surface area contributed by atoms with Gasteiger partial charge in [0.1, 0.15) is 22.3 Å². The first-order valence-electron chi connectivity index (χ1n) is 21.1. The minimum absolute atomic E-state index is 0.575. The smallest absolute Gasteiger partial charge is 0.164 e. The van der Waals surface area contributed by atoms with E-state index in [4.69, 9.17) is 23.8 Å². The zero-order valence-electron chi connectivity index (χ0n) is 33.5. The molecule has 0 unspecified atom stereocenters. The Morgan fingerprint density at radius 2 is 0.778 bits per heavy atom. The minimum atomic E-state index is 0.575. The summed E-state index contributed by atoms with van der Waals surface area (Å²) in [4.78, 5) is 15.9. The molecule has 0 N–H and O–H groups in total. The fourth-order valence-corrected chi connectivity index (χ4v) is 11.1. The number of hydrogen-bond donors (Lipinski definition) is 0. The number of fused-ring (bicyclic) bond motifs is 15. The number of furan rings is 2. The lowest BCUT2D eigenvalue weighted by Gasteiger charge is -2.13. The molecule has 0 spiro atoms. The molecule has 0 saturated carbocycles. The van der Waals surface area contributed by atoms with E-state index in [9.17, 15) is 0 Å². The van der Waals surface area contributed by atoms with E-state index in [1.54, 1.807) is 0 Å². The third kappa shape index (κ3) is 5.19. The van der Waals surface area contributed by atoms with Gasteiger partial charge in [0.15, 0.2) is 17.5 Å². The second kappa shape index (κ2) is 13.2. The lowest BCUT2D eigenvalue weighted by atomic mass is 9.93. The van der Waals surface area contributed by atoms with Crippen molar-refractivity contribution in [2.45, 2.75) is 0 Å². The first-order chi connectivity index (χ1) is 31.2. The van der Waals surface area contributed by atoms with E-state index in [0.29, 0.717) is 17.5 Å². The van der Waals surface area contributed by atoms with Crippen LogP contribution in [-0.4, -0.2) is 15.0 Å². The molecule has 0 atom stereocenters. The minimum Gasteiger partial charge on any atom is -0.456 e. The van der Waals surface area contributed by atoms with Gasteiger partial charge in [-0.2, -0.15) is 0 Å². The molecular weight excluding hydrogens is 791 g/mol. The molecule has 0 radical (unpaired) electrons. The van der Waals surface area contributed by atoms with Crippen LogP contribution >= 0.6 is 11.3 Å². The Bertz CT molecular complexity index is 4200. The van der Waals surface area contributed by atoms with Crippen LogP contribution in [0.2, 0.25) is 0 Å². The monoisotopic (exact) mass is 821 g/mol. The summed E-state index contributed by atoms with van der Waals surface area (Å²) >= 11 is 1.84. The first-order valence-corrected chi connectivity index (χ1v) is 21.9. The second-order valence-electron chi connectivity index (χ2n) is 16.2. The SMILES string of the molecule is c1ccc2c(c1)oc1cccc(-c3nc(-c4ccc5oc6ccc(-c7cccc8c7sc7ccccc78)cc6c5c4)nc(-c4ccc5c6ccccc6c6ccccc6c5c4)n3)c12. The Hall–Kier alpha value is -8.19. The zero-order valence-corrected chi connectivity index (χ0v) is 34.3. The molecule has 0 saturated heterocycles. The van der Waals surface area contributed by atoms with E-state index < -0.39 is 0 Å². The van der Waals surface area contributed by atoms with Gasteiger partial charge in [-0.05, 0) is 98.0 Å². The van der Waals surface area contributed by atoms with Gasteiger partial charge in [-0.15, -0.1) is 11.3 Å². The van der Waals surface area contributed by atoms with Gasteiger partial charge >= 0.3 is 0 Å². The first kappa shape index (κ1) is 34.5. The topological polar surface area (TPSA) is 65.0 Å². The fraction of sp³-hybridized carbons (Fsp3) is 0. The molecule has 14 aromatic rings. The molecule has 4 aromatic heterocycles. The van der Waals surface area contributed by atoms with Crippen LogP contribution in [0.25, 0.3) is 142 Å². The number of aromatic nitrogens is 3. The third-order valence-corrected chi connectivity index (χ3v) is 13.9. The molecule has 10 aromatic carbocycles. The summed E-state index contributed by atoms with van der Waals surface area (Å²) < 4.78 is 15.4. The molecule has 14 rings (SSSR count). The molecule has 5 nitrogen and oxygen atoms in total. The molecule has 0 aliphatic heterocycles. The van der Waals surface area contributed by atoms with E-state index >= 15 is 0 Å². The van der Waals surface area contributed by atoms with Crippen molar-refractivity contribution >= 4 is 108 Å². The van der Waals surface area contributed by atoms with Crippen molar-refractivity contribution < 1.29 is 8.83 Å². The molecular formula is C57H31N3O2S. The summed E-state index contributed by atoms with van der Waals surface area (Å²) in [6.07, 6.45) is 0. The lowest BCUT2D eigenvalue weighted by molar-refractivity contribution is 0.668. The Balaban J connectivity index is 0.988. The van der Waals surface area contributed by atoms with Gasteiger partial charge in [0.2, 0.25) is 0 Å². The maximum Gasteiger partial charge on any atom is 0.164 e. The normalized spacial score (nSPS) is 12.1. The van der Waals surface area contributed by atoms with Crippen LogP contribution in [0.3, 0.4) is 0 Å². The third-order valence-electron chi connectivity index (χ3n) is 12.7.